The number of nitrogens with zero attached hydrogens (tertiary/aromatic N) is 2. The van der Waals surface area contributed by atoms with Crippen molar-refractivity contribution in [2.45, 2.75) is 37.8 Å². The topological polar surface area (TPSA) is 74.3 Å². The number of anilines is 1. The van der Waals surface area contributed by atoms with Crippen molar-refractivity contribution in [3.05, 3.63) is 58.5 Å². The van der Waals surface area contributed by atoms with Crippen molar-refractivity contribution in [1.82, 2.24) is 15.2 Å². The fourth-order valence-corrected chi connectivity index (χ4v) is 3.58. The van der Waals surface area contributed by atoms with E-state index in [1.54, 1.807) is 32.4 Å². The van der Waals surface area contributed by atoms with Crippen LogP contribution in [-0.4, -0.2) is 47.9 Å². The normalized spacial score (nSPS) is 18.8. The minimum Gasteiger partial charge on any atom is -0.367 e. The molecule has 1 aliphatic rings. The Morgan fingerprint density at radius 1 is 1.07 bits per heavy atom. The van der Waals surface area contributed by atoms with Crippen molar-refractivity contribution >= 4 is 29.2 Å². The largest absolute Gasteiger partial charge is 0.367 e. The van der Waals surface area contributed by atoms with Gasteiger partial charge in [-0.25, -0.2) is 9.37 Å². The van der Waals surface area contributed by atoms with E-state index in [0.717, 1.165) is 25.7 Å². The Balaban J connectivity index is 1.52. The number of rotatable bonds is 5. The highest BCUT2D eigenvalue weighted by molar-refractivity contribution is 6.31. The van der Waals surface area contributed by atoms with Crippen LogP contribution in [0.25, 0.3) is 0 Å². The van der Waals surface area contributed by atoms with Gasteiger partial charge >= 0.3 is 0 Å². The van der Waals surface area contributed by atoms with Gasteiger partial charge in [0.15, 0.2) is 0 Å². The molecule has 6 nitrogen and oxygen atoms in total. The first-order valence-corrected chi connectivity index (χ1v) is 9.91. The van der Waals surface area contributed by atoms with Crippen LogP contribution in [0.5, 0.6) is 0 Å². The van der Waals surface area contributed by atoms with Gasteiger partial charge in [-0.3, -0.25) is 9.59 Å². The van der Waals surface area contributed by atoms with Crippen LogP contribution in [0.15, 0.2) is 36.5 Å². The molecule has 1 aromatic heterocycles. The number of pyridine rings is 1. The van der Waals surface area contributed by atoms with E-state index in [9.17, 15) is 14.0 Å². The molecule has 2 N–H and O–H groups in total. The quantitative estimate of drug-likeness (QED) is 0.775. The van der Waals surface area contributed by atoms with Gasteiger partial charge in [0.25, 0.3) is 11.8 Å². The second kappa shape index (κ2) is 9.22. The van der Waals surface area contributed by atoms with E-state index in [1.807, 2.05) is 0 Å². The number of carbonyl (C=O) groups is 2. The standard InChI is InChI=1S/C21H24ClFN4O2/c1-27(2)21(29)14-9-10-24-19(12-14)25-15-4-6-16(7-5-15)26-20(28)13-3-8-18(23)17(22)11-13/h3,8-12,15-16H,4-7H2,1-2H3,(H,24,25)(H,26,28)/t15-,16+. The molecule has 1 saturated carbocycles. The SMILES string of the molecule is CN(C)C(=O)c1ccnc(N[C@H]2CC[C@@H](NC(=O)c3ccc(F)c(Cl)c3)CC2)c1. The van der Waals surface area contributed by atoms with E-state index in [0.29, 0.717) is 16.9 Å². The van der Waals surface area contributed by atoms with E-state index in [1.165, 1.54) is 23.1 Å². The lowest BCUT2D eigenvalue weighted by Gasteiger charge is -2.30. The number of aromatic nitrogens is 1. The van der Waals surface area contributed by atoms with Gasteiger partial charge in [-0.05, 0) is 56.0 Å². The minimum absolute atomic E-state index is 0.0546. The molecule has 0 radical (unpaired) electrons. The van der Waals surface area contributed by atoms with Gasteiger partial charge in [-0.1, -0.05) is 11.6 Å². The van der Waals surface area contributed by atoms with Gasteiger partial charge in [-0.2, -0.15) is 0 Å². The maximum Gasteiger partial charge on any atom is 0.253 e. The van der Waals surface area contributed by atoms with E-state index in [-0.39, 0.29) is 28.9 Å². The molecule has 0 atom stereocenters. The number of hydrogen-bond donors (Lipinski definition) is 2. The molecule has 3 rings (SSSR count). The summed E-state index contributed by atoms with van der Waals surface area (Å²) in [6.45, 7) is 0. The summed E-state index contributed by atoms with van der Waals surface area (Å²) in [5, 5.41) is 6.31. The average Bonchev–Trinajstić information content (AvgIpc) is 2.71. The van der Waals surface area contributed by atoms with E-state index >= 15 is 0 Å². The zero-order valence-electron chi connectivity index (χ0n) is 16.4. The molecule has 29 heavy (non-hydrogen) atoms. The smallest absolute Gasteiger partial charge is 0.253 e. The Morgan fingerprint density at radius 3 is 2.41 bits per heavy atom. The first kappa shape index (κ1) is 21.0. The van der Waals surface area contributed by atoms with Gasteiger partial charge in [0, 0.05) is 43.5 Å². The zero-order chi connectivity index (χ0) is 21.0. The predicted molar refractivity (Wildman–Crippen MR) is 111 cm³/mol. The maximum atomic E-state index is 13.3. The lowest BCUT2D eigenvalue weighted by Crippen LogP contribution is -2.40. The Bertz CT molecular complexity index is 898. The van der Waals surface area contributed by atoms with Crippen molar-refractivity contribution in [1.29, 1.82) is 0 Å². The Morgan fingerprint density at radius 2 is 1.76 bits per heavy atom. The Hall–Kier alpha value is -2.67. The van der Waals surface area contributed by atoms with E-state index in [4.69, 9.17) is 11.6 Å². The highest BCUT2D eigenvalue weighted by atomic mass is 35.5. The average molecular weight is 419 g/mol. The summed E-state index contributed by atoms with van der Waals surface area (Å²) in [6.07, 6.45) is 4.98. The molecule has 8 heteroatoms. The summed E-state index contributed by atoms with van der Waals surface area (Å²) in [7, 11) is 3.43. The monoisotopic (exact) mass is 418 g/mol. The lowest BCUT2D eigenvalue weighted by atomic mass is 9.91. The Kier molecular flexibility index (Phi) is 6.69. The van der Waals surface area contributed by atoms with Crippen LogP contribution in [0.1, 0.15) is 46.4 Å². The van der Waals surface area contributed by atoms with Crippen LogP contribution in [0, 0.1) is 5.82 Å². The second-order valence-electron chi connectivity index (χ2n) is 7.42. The van der Waals surface area contributed by atoms with Gasteiger partial charge in [0.1, 0.15) is 11.6 Å². The minimum atomic E-state index is -0.542. The van der Waals surface area contributed by atoms with E-state index < -0.39 is 5.82 Å². The number of amides is 2. The van der Waals surface area contributed by atoms with Crippen LogP contribution >= 0.6 is 11.6 Å². The molecule has 2 aromatic rings. The summed E-state index contributed by atoms with van der Waals surface area (Å²) in [6, 6.07) is 7.69. The Labute approximate surface area is 174 Å². The zero-order valence-corrected chi connectivity index (χ0v) is 17.2. The molecule has 0 aliphatic heterocycles. The van der Waals surface area contributed by atoms with Crippen LogP contribution in [0.4, 0.5) is 10.2 Å². The van der Waals surface area contributed by atoms with Crippen molar-refractivity contribution in [3.63, 3.8) is 0 Å². The number of carbonyl (C=O) groups excluding carboxylic acids is 2. The molecule has 0 bridgehead atoms. The molecule has 0 spiro atoms. The molecule has 2 amide bonds. The summed E-state index contributed by atoms with van der Waals surface area (Å²) in [5.41, 5.74) is 0.939. The van der Waals surface area contributed by atoms with Crippen molar-refractivity contribution < 1.29 is 14.0 Å². The summed E-state index contributed by atoms with van der Waals surface area (Å²) in [5.74, 6) is -0.187. The van der Waals surface area contributed by atoms with E-state index in [2.05, 4.69) is 15.6 Å². The third kappa shape index (κ3) is 5.44. The van der Waals surface area contributed by atoms with Gasteiger partial charge in [0.2, 0.25) is 0 Å². The molecule has 0 saturated heterocycles. The molecule has 154 valence electrons. The number of benzene rings is 1. The van der Waals surface area contributed by atoms with Crippen LogP contribution in [0.2, 0.25) is 5.02 Å². The van der Waals surface area contributed by atoms with Crippen molar-refractivity contribution in [3.8, 4) is 0 Å². The maximum absolute atomic E-state index is 13.3. The molecular weight excluding hydrogens is 395 g/mol. The van der Waals surface area contributed by atoms with Gasteiger partial charge in [-0.15, -0.1) is 0 Å². The molecular formula is C21H24ClFN4O2. The molecule has 1 fully saturated rings. The highest BCUT2D eigenvalue weighted by Gasteiger charge is 2.23. The number of halogens is 2. The fraction of sp³-hybridized carbons (Fsp3) is 0.381. The molecule has 1 aromatic carbocycles. The van der Waals surface area contributed by atoms with Crippen LogP contribution in [-0.2, 0) is 0 Å². The van der Waals surface area contributed by atoms with Gasteiger partial charge in [0.05, 0.1) is 5.02 Å². The summed E-state index contributed by atoms with van der Waals surface area (Å²) < 4.78 is 13.3. The van der Waals surface area contributed by atoms with Crippen molar-refractivity contribution in [2.75, 3.05) is 19.4 Å². The predicted octanol–water partition coefficient (Wildman–Crippen LogP) is 3.73. The van der Waals surface area contributed by atoms with Crippen molar-refractivity contribution in [2.24, 2.45) is 0 Å². The first-order chi connectivity index (χ1) is 13.8. The number of hydrogen-bond acceptors (Lipinski definition) is 4. The lowest BCUT2D eigenvalue weighted by molar-refractivity contribution is 0.0827. The number of nitrogens with one attached hydrogen (secondary N) is 2. The second-order valence-corrected chi connectivity index (χ2v) is 7.83. The van der Waals surface area contributed by atoms with Crippen LogP contribution < -0.4 is 10.6 Å². The fourth-order valence-electron chi connectivity index (χ4n) is 3.40. The summed E-state index contributed by atoms with van der Waals surface area (Å²) >= 11 is 5.75. The molecule has 1 aliphatic carbocycles. The van der Waals surface area contributed by atoms with Crippen LogP contribution in [0.3, 0.4) is 0 Å². The molecule has 0 unspecified atom stereocenters. The van der Waals surface area contributed by atoms with Gasteiger partial charge < -0.3 is 15.5 Å². The summed E-state index contributed by atoms with van der Waals surface area (Å²) in [4.78, 5) is 30.3. The third-order valence-corrected chi connectivity index (χ3v) is 5.30. The molecule has 1 heterocycles. The highest BCUT2D eigenvalue weighted by Crippen LogP contribution is 2.23. The third-order valence-electron chi connectivity index (χ3n) is 5.01. The first-order valence-electron chi connectivity index (χ1n) is 9.53.